The Labute approximate surface area is 115 Å². The number of ether oxygens (including phenoxy) is 2. The van der Waals surface area contributed by atoms with Gasteiger partial charge in [0.2, 0.25) is 0 Å². The molecule has 0 amide bonds. The predicted octanol–water partition coefficient (Wildman–Crippen LogP) is 1.97. The first-order valence-corrected chi connectivity index (χ1v) is 5.79. The largest absolute Gasteiger partial charge is 0.469 e. The van der Waals surface area contributed by atoms with Gasteiger partial charge in [-0.05, 0) is 23.9 Å². The molecule has 0 aliphatic rings. The Kier molecular flexibility index (Phi) is 9.20. The molecule has 0 spiro atoms. The van der Waals surface area contributed by atoms with E-state index in [0.29, 0.717) is 0 Å². The molecule has 0 fully saturated rings. The summed E-state index contributed by atoms with van der Waals surface area (Å²) in [5, 5.41) is 6.66. The monoisotopic (exact) mass is 284 g/mol. The molecule has 2 atom stereocenters. The minimum atomic E-state index is -0.813. The van der Waals surface area contributed by atoms with E-state index in [1.807, 2.05) is 0 Å². The summed E-state index contributed by atoms with van der Waals surface area (Å²) in [6.07, 6.45) is 0.291. The molecule has 0 aromatic carbocycles. The number of carbonyl (C=O) groups is 2. The molecule has 0 aliphatic heterocycles. The van der Waals surface area contributed by atoms with E-state index in [2.05, 4.69) is 29.5 Å². The van der Waals surface area contributed by atoms with E-state index in [4.69, 9.17) is 11.1 Å². The highest BCUT2D eigenvalue weighted by atomic mass is 16.5. The van der Waals surface area contributed by atoms with Gasteiger partial charge in [-0.1, -0.05) is 10.2 Å². The first kappa shape index (κ1) is 17.6. The molecule has 0 unspecified atom stereocenters. The van der Waals surface area contributed by atoms with E-state index in [0.717, 1.165) is 0 Å². The molecule has 20 heavy (non-hydrogen) atoms. The van der Waals surface area contributed by atoms with Crippen molar-refractivity contribution in [3.05, 3.63) is 20.9 Å². The molecule has 0 aromatic heterocycles. The molecular formula is C10H16N6O4. The number of hydrogen-bond acceptors (Lipinski definition) is 6. The van der Waals surface area contributed by atoms with Gasteiger partial charge in [-0.15, -0.1) is 0 Å². The maximum absolute atomic E-state index is 11.7. The molecular weight excluding hydrogens is 268 g/mol. The van der Waals surface area contributed by atoms with Crippen LogP contribution in [-0.4, -0.2) is 39.2 Å². The lowest BCUT2D eigenvalue weighted by molar-refractivity contribution is -0.158. The first-order valence-electron chi connectivity index (χ1n) is 5.79. The zero-order valence-electron chi connectivity index (χ0n) is 11.3. The zero-order valence-corrected chi connectivity index (χ0v) is 11.3. The van der Waals surface area contributed by atoms with Gasteiger partial charge in [-0.25, -0.2) is 0 Å². The minimum absolute atomic E-state index is 0.0469. The SMILES string of the molecule is COC(=O)[C@@H](CCN=[N+]=[N-])[C@@H](CCN=[N+]=[N-])C(=O)OC. The number of carbonyl (C=O) groups excluding carboxylic acids is 2. The highest BCUT2D eigenvalue weighted by Gasteiger charge is 2.34. The molecule has 0 rings (SSSR count). The summed E-state index contributed by atoms with van der Waals surface area (Å²) in [5.41, 5.74) is 16.5. The molecule has 0 heterocycles. The van der Waals surface area contributed by atoms with Crippen LogP contribution in [0.3, 0.4) is 0 Å². The van der Waals surface area contributed by atoms with Crippen LogP contribution in [0.2, 0.25) is 0 Å². The van der Waals surface area contributed by atoms with Crippen molar-refractivity contribution < 1.29 is 19.1 Å². The summed E-state index contributed by atoms with van der Waals surface area (Å²) in [6, 6.07) is 0. The van der Waals surface area contributed by atoms with Crippen LogP contribution in [0.4, 0.5) is 0 Å². The topological polar surface area (TPSA) is 150 Å². The van der Waals surface area contributed by atoms with Crippen molar-refractivity contribution in [3.63, 3.8) is 0 Å². The summed E-state index contributed by atoms with van der Waals surface area (Å²) < 4.78 is 9.28. The number of nitrogens with zero attached hydrogens (tertiary/aromatic N) is 6. The molecule has 0 N–H and O–H groups in total. The van der Waals surface area contributed by atoms with Gasteiger partial charge in [0.15, 0.2) is 0 Å². The van der Waals surface area contributed by atoms with Crippen LogP contribution in [0.1, 0.15) is 12.8 Å². The molecule has 0 saturated heterocycles. The third-order valence-corrected chi connectivity index (χ3v) is 2.70. The van der Waals surface area contributed by atoms with Crippen molar-refractivity contribution in [2.75, 3.05) is 27.3 Å². The second kappa shape index (κ2) is 10.5. The highest BCUT2D eigenvalue weighted by Crippen LogP contribution is 2.23. The van der Waals surface area contributed by atoms with Gasteiger partial charge < -0.3 is 9.47 Å². The van der Waals surface area contributed by atoms with Gasteiger partial charge in [0.1, 0.15) is 0 Å². The van der Waals surface area contributed by atoms with Crippen LogP contribution in [0.25, 0.3) is 20.9 Å². The van der Waals surface area contributed by atoms with Gasteiger partial charge in [-0.2, -0.15) is 0 Å². The van der Waals surface area contributed by atoms with Crippen LogP contribution >= 0.6 is 0 Å². The van der Waals surface area contributed by atoms with Crippen molar-refractivity contribution in [1.29, 1.82) is 0 Å². The number of azide groups is 2. The van der Waals surface area contributed by atoms with E-state index in [1.165, 1.54) is 14.2 Å². The quantitative estimate of drug-likeness (QED) is 0.275. The zero-order chi connectivity index (χ0) is 15.4. The van der Waals surface area contributed by atoms with Crippen molar-refractivity contribution in [1.82, 2.24) is 0 Å². The van der Waals surface area contributed by atoms with Crippen molar-refractivity contribution in [2.45, 2.75) is 12.8 Å². The van der Waals surface area contributed by atoms with E-state index in [9.17, 15) is 9.59 Å². The van der Waals surface area contributed by atoms with Crippen LogP contribution in [0.15, 0.2) is 10.2 Å². The normalized spacial score (nSPS) is 12.3. The summed E-state index contributed by atoms with van der Waals surface area (Å²) in [5.74, 6) is -2.83. The summed E-state index contributed by atoms with van der Waals surface area (Å²) in [7, 11) is 2.40. The third-order valence-electron chi connectivity index (χ3n) is 2.70. The van der Waals surface area contributed by atoms with Crippen LogP contribution in [0.5, 0.6) is 0 Å². The number of esters is 2. The molecule has 10 heteroatoms. The van der Waals surface area contributed by atoms with E-state index >= 15 is 0 Å². The molecule has 0 radical (unpaired) electrons. The smallest absolute Gasteiger partial charge is 0.309 e. The molecule has 0 bridgehead atoms. The Morgan fingerprint density at radius 3 is 1.55 bits per heavy atom. The standard InChI is InChI=1S/C10H16N6O4/c1-19-9(17)7(3-5-13-15-11)8(10(18)20-2)4-6-14-16-12/h7-8H,3-6H2,1-2H3/t7-,8+. The Morgan fingerprint density at radius 2 is 1.30 bits per heavy atom. The summed E-state index contributed by atoms with van der Waals surface area (Å²) in [4.78, 5) is 28.6. The minimum Gasteiger partial charge on any atom is -0.469 e. The Balaban J connectivity index is 5.03. The third kappa shape index (κ3) is 5.94. The second-order valence-electron chi connectivity index (χ2n) is 3.75. The Hall–Kier alpha value is -2.44. The molecule has 110 valence electrons. The number of rotatable bonds is 9. The first-order chi connectivity index (χ1) is 9.62. The second-order valence-corrected chi connectivity index (χ2v) is 3.75. The van der Waals surface area contributed by atoms with E-state index in [1.54, 1.807) is 0 Å². The molecule has 0 saturated carbocycles. The summed E-state index contributed by atoms with van der Waals surface area (Å²) >= 11 is 0. The number of hydrogen-bond donors (Lipinski definition) is 0. The van der Waals surface area contributed by atoms with Gasteiger partial charge in [0.25, 0.3) is 0 Å². The fraction of sp³-hybridized carbons (Fsp3) is 0.800. The Bertz CT molecular complexity index is 387. The van der Waals surface area contributed by atoms with Gasteiger partial charge >= 0.3 is 11.9 Å². The van der Waals surface area contributed by atoms with Crippen molar-refractivity contribution in [3.8, 4) is 0 Å². The maximum atomic E-state index is 11.7. The van der Waals surface area contributed by atoms with Gasteiger partial charge in [0, 0.05) is 22.9 Å². The highest BCUT2D eigenvalue weighted by molar-refractivity contribution is 5.82. The maximum Gasteiger partial charge on any atom is 0.309 e. The lowest BCUT2D eigenvalue weighted by Gasteiger charge is -2.22. The van der Waals surface area contributed by atoms with Crippen LogP contribution < -0.4 is 0 Å². The van der Waals surface area contributed by atoms with Gasteiger partial charge in [-0.3, -0.25) is 9.59 Å². The Morgan fingerprint density at radius 1 is 0.950 bits per heavy atom. The lowest BCUT2D eigenvalue weighted by atomic mass is 9.87. The van der Waals surface area contributed by atoms with E-state index in [-0.39, 0.29) is 25.9 Å². The summed E-state index contributed by atoms with van der Waals surface area (Å²) in [6.45, 7) is 0.0938. The van der Waals surface area contributed by atoms with E-state index < -0.39 is 23.8 Å². The van der Waals surface area contributed by atoms with Crippen LogP contribution in [0, 0.1) is 11.8 Å². The van der Waals surface area contributed by atoms with Crippen molar-refractivity contribution in [2.24, 2.45) is 22.1 Å². The lowest BCUT2D eigenvalue weighted by Crippen LogP contribution is -2.33. The van der Waals surface area contributed by atoms with Crippen LogP contribution in [-0.2, 0) is 19.1 Å². The van der Waals surface area contributed by atoms with Gasteiger partial charge in [0.05, 0.1) is 26.1 Å². The average molecular weight is 284 g/mol. The fourth-order valence-electron chi connectivity index (χ4n) is 1.75. The molecule has 0 aliphatic carbocycles. The molecule has 0 aromatic rings. The van der Waals surface area contributed by atoms with Crippen molar-refractivity contribution >= 4 is 11.9 Å². The number of methoxy groups -OCH3 is 2. The molecule has 10 nitrogen and oxygen atoms in total. The average Bonchev–Trinajstić information content (AvgIpc) is 2.47. The predicted molar refractivity (Wildman–Crippen MR) is 68.3 cm³/mol. The fourth-order valence-corrected chi connectivity index (χ4v) is 1.75.